The fourth-order valence-corrected chi connectivity index (χ4v) is 1.73. The van der Waals surface area contributed by atoms with Crippen LogP contribution in [0.1, 0.15) is 12.5 Å². The van der Waals surface area contributed by atoms with E-state index in [1.54, 1.807) is 0 Å². The standard InChI is InChI=1S/C15H12F2O3/c1-8(2)15(19)20-7-9-3-4-11-10(5-9)6-12(16)14(18)13(11)17/h3-6,18H,1,7H2,2H3. The first kappa shape index (κ1) is 14.0. The lowest BCUT2D eigenvalue weighted by Crippen LogP contribution is -2.04. The second kappa shape index (κ2) is 5.28. The van der Waals surface area contributed by atoms with Crippen LogP contribution in [0.15, 0.2) is 36.4 Å². The highest BCUT2D eigenvalue weighted by Crippen LogP contribution is 2.29. The van der Waals surface area contributed by atoms with Gasteiger partial charge in [0.25, 0.3) is 0 Å². The van der Waals surface area contributed by atoms with Crippen LogP contribution >= 0.6 is 0 Å². The molecule has 1 N–H and O–H groups in total. The zero-order valence-corrected chi connectivity index (χ0v) is 10.7. The van der Waals surface area contributed by atoms with Gasteiger partial charge in [-0.25, -0.2) is 13.6 Å². The average molecular weight is 278 g/mol. The van der Waals surface area contributed by atoms with Gasteiger partial charge in [0.05, 0.1) is 0 Å². The van der Waals surface area contributed by atoms with Crippen LogP contribution < -0.4 is 0 Å². The molecule has 0 saturated heterocycles. The van der Waals surface area contributed by atoms with E-state index in [0.717, 1.165) is 6.07 Å². The molecule has 104 valence electrons. The van der Waals surface area contributed by atoms with Gasteiger partial charge in [0.2, 0.25) is 0 Å². The first-order valence-electron chi connectivity index (χ1n) is 5.82. The molecular weight excluding hydrogens is 266 g/mol. The normalized spacial score (nSPS) is 10.6. The molecule has 0 bridgehead atoms. The second-order valence-corrected chi connectivity index (χ2v) is 4.43. The molecule has 0 unspecified atom stereocenters. The molecule has 0 aliphatic heterocycles. The van der Waals surface area contributed by atoms with Crippen LogP contribution in [0.3, 0.4) is 0 Å². The molecule has 5 heteroatoms. The second-order valence-electron chi connectivity index (χ2n) is 4.43. The molecule has 2 aromatic rings. The fourth-order valence-electron chi connectivity index (χ4n) is 1.73. The molecule has 2 rings (SSSR count). The van der Waals surface area contributed by atoms with Gasteiger partial charge in [0, 0.05) is 11.0 Å². The third-order valence-corrected chi connectivity index (χ3v) is 2.79. The summed E-state index contributed by atoms with van der Waals surface area (Å²) in [6.07, 6.45) is 0. The van der Waals surface area contributed by atoms with Crippen molar-refractivity contribution in [2.75, 3.05) is 0 Å². The number of carbonyl (C=O) groups is 1. The molecule has 0 spiro atoms. The van der Waals surface area contributed by atoms with E-state index < -0.39 is 23.4 Å². The Labute approximate surface area is 114 Å². The number of phenolic OH excluding ortho intramolecular Hbond substituents is 1. The van der Waals surface area contributed by atoms with Crippen molar-refractivity contribution in [3.8, 4) is 5.75 Å². The molecule has 0 fully saturated rings. The third kappa shape index (κ3) is 2.61. The van der Waals surface area contributed by atoms with Crippen LogP contribution in [0.25, 0.3) is 10.8 Å². The lowest BCUT2D eigenvalue weighted by Gasteiger charge is -2.07. The van der Waals surface area contributed by atoms with Crippen molar-refractivity contribution in [2.24, 2.45) is 0 Å². The maximum absolute atomic E-state index is 13.6. The molecule has 3 nitrogen and oxygen atoms in total. The monoisotopic (exact) mass is 278 g/mol. The minimum Gasteiger partial charge on any atom is -0.503 e. The van der Waals surface area contributed by atoms with Gasteiger partial charge in [0.1, 0.15) is 6.61 Å². The van der Waals surface area contributed by atoms with Crippen molar-refractivity contribution in [2.45, 2.75) is 13.5 Å². The van der Waals surface area contributed by atoms with Crippen LogP contribution in [0, 0.1) is 11.6 Å². The van der Waals surface area contributed by atoms with Crippen molar-refractivity contribution >= 4 is 16.7 Å². The molecular formula is C15H12F2O3. The zero-order valence-electron chi connectivity index (χ0n) is 10.7. The summed E-state index contributed by atoms with van der Waals surface area (Å²) in [4.78, 5) is 11.3. The summed E-state index contributed by atoms with van der Waals surface area (Å²) >= 11 is 0. The molecule has 0 amide bonds. The maximum Gasteiger partial charge on any atom is 0.333 e. The van der Waals surface area contributed by atoms with Crippen LogP contribution in [0.2, 0.25) is 0 Å². The molecule has 0 heterocycles. The molecule has 2 aromatic carbocycles. The Bertz CT molecular complexity index is 708. The number of aromatic hydroxyl groups is 1. The summed E-state index contributed by atoms with van der Waals surface area (Å²) < 4.78 is 31.8. The number of ether oxygens (including phenoxy) is 1. The minimum atomic E-state index is -1.04. The first-order valence-corrected chi connectivity index (χ1v) is 5.82. The highest BCUT2D eigenvalue weighted by atomic mass is 19.1. The number of rotatable bonds is 3. The van der Waals surface area contributed by atoms with E-state index in [-0.39, 0.29) is 23.0 Å². The number of hydrogen-bond donors (Lipinski definition) is 1. The first-order chi connectivity index (χ1) is 9.40. The van der Waals surface area contributed by atoms with Crippen molar-refractivity contribution < 1.29 is 23.4 Å². The van der Waals surface area contributed by atoms with Crippen molar-refractivity contribution in [1.29, 1.82) is 0 Å². The van der Waals surface area contributed by atoms with Crippen LogP contribution in [-0.2, 0) is 16.1 Å². The van der Waals surface area contributed by atoms with Crippen molar-refractivity contribution in [3.63, 3.8) is 0 Å². The van der Waals surface area contributed by atoms with Gasteiger partial charge in [-0.1, -0.05) is 18.7 Å². The predicted octanol–water partition coefficient (Wildman–Crippen LogP) is 3.44. The van der Waals surface area contributed by atoms with E-state index in [0.29, 0.717) is 5.56 Å². The summed E-state index contributed by atoms with van der Waals surface area (Å²) in [5.41, 5.74) is 0.851. The zero-order chi connectivity index (χ0) is 14.9. The number of benzene rings is 2. The number of esters is 1. The van der Waals surface area contributed by atoms with Gasteiger partial charge < -0.3 is 9.84 Å². The van der Waals surface area contributed by atoms with E-state index in [1.807, 2.05) is 0 Å². The molecule has 20 heavy (non-hydrogen) atoms. The lowest BCUT2D eigenvalue weighted by molar-refractivity contribution is -0.140. The van der Waals surface area contributed by atoms with Gasteiger partial charge in [-0.3, -0.25) is 0 Å². The molecule has 0 aliphatic carbocycles. The molecule has 0 aliphatic rings. The summed E-state index contributed by atoms with van der Waals surface area (Å²) in [6.45, 7) is 4.95. The van der Waals surface area contributed by atoms with E-state index >= 15 is 0 Å². The Morgan fingerprint density at radius 2 is 2.05 bits per heavy atom. The predicted molar refractivity (Wildman–Crippen MR) is 70.1 cm³/mol. The van der Waals surface area contributed by atoms with Gasteiger partial charge in [0.15, 0.2) is 17.4 Å². The SMILES string of the molecule is C=C(C)C(=O)OCc1ccc2c(F)c(O)c(F)cc2c1. The van der Waals surface area contributed by atoms with Crippen LogP contribution in [0.4, 0.5) is 8.78 Å². The van der Waals surface area contributed by atoms with Gasteiger partial charge in [-0.2, -0.15) is 0 Å². The summed E-state index contributed by atoms with van der Waals surface area (Å²) in [5, 5.41) is 9.56. The van der Waals surface area contributed by atoms with Crippen molar-refractivity contribution in [3.05, 3.63) is 53.6 Å². The van der Waals surface area contributed by atoms with E-state index in [2.05, 4.69) is 6.58 Å². The summed E-state index contributed by atoms with van der Waals surface area (Å²) in [7, 11) is 0. The van der Waals surface area contributed by atoms with Gasteiger partial charge >= 0.3 is 5.97 Å². The van der Waals surface area contributed by atoms with Gasteiger partial charge in [-0.05, 0) is 30.0 Å². The topological polar surface area (TPSA) is 46.5 Å². The number of fused-ring (bicyclic) bond motifs is 1. The Morgan fingerprint density at radius 1 is 1.35 bits per heavy atom. The number of phenols is 1. The molecule has 0 radical (unpaired) electrons. The smallest absolute Gasteiger partial charge is 0.333 e. The number of halogens is 2. The largest absolute Gasteiger partial charge is 0.503 e. The number of hydrogen-bond acceptors (Lipinski definition) is 3. The Balaban J connectivity index is 2.32. The van der Waals surface area contributed by atoms with Crippen LogP contribution in [0.5, 0.6) is 5.75 Å². The van der Waals surface area contributed by atoms with E-state index in [1.165, 1.54) is 25.1 Å². The third-order valence-electron chi connectivity index (χ3n) is 2.79. The molecule has 0 aromatic heterocycles. The van der Waals surface area contributed by atoms with E-state index in [4.69, 9.17) is 4.74 Å². The molecule has 0 saturated carbocycles. The molecule has 0 atom stereocenters. The van der Waals surface area contributed by atoms with Gasteiger partial charge in [-0.15, -0.1) is 0 Å². The Hall–Kier alpha value is -2.43. The van der Waals surface area contributed by atoms with Crippen LogP contribution in [-0.4, -0.2) is 11.1 Å². The highest BCUT2D eigenvalue weighted by Gasteiger charge is 2.13. The fraction of sp³-hybridized carbons (Fsp3) is 0.133. The minimum absolute atomic E-state index is 0.0221. The quantitative estimate of drug-likeness (QED) is 0.691. The Morgan fingerprint density at radius 3 is 2.70 bits per heavy atom. The summed E-state index contributed by atoms with van der Waals surface area (Å²) in [5.74, 6) is -3.58. The lowest BCUT2D eigenvalue weighted by atomic mass is 10.1. The maximum atomic E-state index is 13.6. The highest BCUT2D eigenvalue weighted by molar-refractivity contribution is 5.87. The van der Waals surface area contributed by atoms with Crippen molar-refractivity contribution in [1.82, 2.24) is 0 Å². The average Bonchev–Trinajstić information content (AvgIpc) is 2.41. The number of carbonyl (C=O) groups excluding carboxylic acids is 1. The Kier molecular flexibility index (Phi) is 3.70. The van der Waals surface area contributed by atoms with E-state index in [9.17, 15) is 18.7 Å². The summed E-state index contributed by atoms with van der Waals surface area (Å²) in [6, 6.07) is 5.45.